The van der Waals surface area contributed by atoms with Crippen LogP contribution in [0, 0.1) is 0 Å². The van der Waals surface area contributed by atoms with Gasteiger partial charge in [0.1, 0.15) is 0 Å². The maximum absolute atomic E-state index is 5.22. The van der Waals surface area contributed by atoms with E-state index in [1.165, 1.54) is 0 Å². The third-order valence-corrected chi connectivity index (χ3v) is 1.06. The molecule has 0 saturated carbocycles. The number of ether oxygens (including phenoxy) is 1. The number of hydrogen-bond acceptors (Lipinski definition) is 1. The summed E-state index contributed by atoms with van der Waals surface area (Å²) in [6.07, 6.45) is 10.6. The van der Waals surface area contributed by atoms with Gasteiger partial charge in [-0.3, -0.25) is 0 Å². The minimum atomic E-state index is 0.704. The van der Waals surface area contributed by atoms with Crippen molar-refractivity contribution in [3.63, 3.8) is 0 Å². The van der Waals surface area contributed by atoms with E-state index in [2.05, 4.69) is 13.5 Å². The molecule has 62 valence electrons. The normalized spacial score (nSPS) is 11.4. The van der Waals surface area contributed by atoms with Gasteiger partial charge in [-0.1, -0.05) is 43.9 Å². The zero-order chi connectivity index (χ0) is 8.36. The molecule has 0 fully saturated rings. The molecule has 0 aliphatic heterocycles. The molecule has 0 spiro atoms. The summed E-state index contributed by atoms with van der Waals surface area (Å²) in [5.74, 6) is 0. The molecule has 0 aromatic carbocycles. The Morgan fingerprint density at radius 3 is 2.73 bits per heavy atom. The molecule has 0 heterocycles. The fourth-order valence-electron chi connectivity index (χ4n) is 0.573. The van der Waals surface area contributed by atoms with Gasteiger partial charge in [0.15, 0.2) is 0 Å². The van der Waals surface area contributed by atoms with E-state index in [1.807, 2.05) is 24.3 Å². The van der Waals surface area contributed by atoms with Crippen LogP contribution in [0.3, 0.4) is 0 Å². The number of rotatable bonds is 6. The highest BCUT2D eigenvalue weighted by atomic mass is 16.5. The second-order valence-corrected chi connectivity index (χ2v) is 2.12. The Hall–Kier alpha value is -0.820. The summed E-state index contributed by atoms with van der Waals surface area (Å²) in [5.41, 5.74) is 0. The van der Waals surface area contributed by atoms with Crippen LogP contribution in [0.5, 0.6) is 0 Å². The van der Waals surface area contributed by atoms with E-state index >= 15 is 0 Å². The van der Waals surface area contributed by atoms with Crippen molar-refractivity contribution in [2.24, 2.45) is 0 Å². The van der Waals surface area contributed by atoms with E-state index in [-0.39, 0.29) is 0 Å². The van der Waals surface area contributed by atoms with Crippen LogP contribution < -0.4 is 0 Å². The lowest BCUT2D eigenvalue weighted by Gasteiger charge is -1.94. The maximum atomic E-state index is 5.22. The molecular weight excluding hydrogens is 136 g/mol. The van der Waals surface area contributed by atoms with Crippen molar-refractivity contribution >= 4 is 0 Å². The van der Waals surface area contributed by atoms with Crippen LogP contribution in [0.15, 0.2) is 37.0 Å². The minimum Gasteiger partial charge on any atom is -0.377 e. The van der Waals surface area contributed by atoms with Crippen molar-refractivity contribution in [1.82, 2.24) is 0 Å². The number of hydrogen-bond donors (Lipinski definition) is 0. The molecular formula is C10H16O. The van der Waals surface area contributed by atoms with Crippen LogP contribution in [0.25, 0.3) is 0 Å². The summed E-state index contributed by atoms with van der Waals surface area (Å²) in [5, 5.41) is 0. The zero-order valence-electron chi connectivity index (χ0n) is 7.12. The van der Waals surface area contributed by atoms with Gasteiger partial charge in [0.25, 0.3) is 0 Å². The second-order valence-electron chi connectivity index (χ2n) is 2.12. The highest BCUT2D eigenvalue weighted by Gasteiger charge is 1.77. The van der Waals surface area contributed by atoms with Crippen LogP contribution in [0.4, 0.5) is 0 Å². The summed E-state index contributed by atoms with van der Waals surface area (Å²) in [4.78, 5) is 0. The van der Waals surface area contributed by atoms with E-state index < -0.39 is 0 Å². The Kier molecular flexibility index (Phi) is 8.50. The molecule has 0 aliphatic carbocycles. The van der Waals surface area contributed by atoms with Gasteiger partial charge in [-0.2, -0.15) is 0 Å². The standard InChI is InChI=1S/C10H16O/c1-3-5-6-7-8-10-11-9-4-2/h3,5-8H,1,4,9-10H2,2H3/b6-5-,8-7-. The predicted molar refractivity (Wildman–Crippen MR) is 49.6 cm³/mol. The maximum Gasteiger partial charge on any atom is 0.0650 e. The molecule has 0 atom stereocenters. The first-order chi connectivity index (χ1) is 5.41. The predicted octanol–water partition coefficient (Wildman–Crippen LogP) is 2.71. The third kappa shape index (κ3) is 9.18. The SMILES string of the molecule is C=C/C=C\C=C/COCCC. The van der Waals surface area contributed by atoms with Crippen molar-refractivity contribution in [2.75, 3.05) is 13.2 Å². The van der Waals surface area contributed by atoms with Crippen LogP contribution in [-0.2, 0) is 4.74 Å². The Morgan fingerprint density at radius 1 is 1.27 bits per heavy atom. The Labute approximate surface area is 69.1 Å². The molecule has 0 saturated heterocycles. The smallest absolute Gasteiger partial charge is 0.0650 e. The number of allylic oxidation sites excluding steroid dienone is 4. The summed E-state index contributed by atoms with van der Waals surface area (Å²) in [7, 11) is 0. The Balaban J connectivity index is 3.15. The Morgan fingerprint density at radius 2 is 2.09 bits per heavy atom. The van der Waals surface area contributed by atoms with Crippen LogP contribution in [0.1, 0.15) is 13.3 Å². The molecule has 0 unspecified atom stereocenters. The van der Waals surface area contributed by atoms with E-state index in [0.29, 0.717) is 6.61 Å². The molecule has 11 heavy (non-hydrogen) atoms. The molecule has 0 amide bonds. The van der Waals surface area contributed by atoms with Gasteiger partial charge in [0.2, 0.25) is 0 Å². The summed E-state index contributed by atoms with van der Waals surface area (Å²) in [6.45, 7) is 7.20. The lowest BCUT2D eigenvalue weighted by atomic mass is 10.4. The molecule has 0 N–H and O–H groups in total. The molecule has 0 aliphatic rings. The van der Waals surface area contributed by atoms with Gasteiger partial charge in [0.05, 0.1) is 6.61 Å². The first kappa shape index (κ1) is 10.2. The highest BCUT2D eigenvalue weighted by molar-refractivity contribution is 5.08. The van der Waals surface area contributed by atoms with Crippen LogP contribution in [-0.4, -0.2) is 13.2 Å². The molecule has 0 aromatic rings. The van der Waals surface area contributed by atoms with Gasteiger partial charge < -0.3 is 4.74 Å². The fourth-order valence-corrected chi connectivity index (χ4v) is 0.573. The minimum absolute atomic E-state index is 0.704. The lowest BCUT2D eigenvalue weighted by molar-refractivity contribution is 0.163. The van der Waals surface area contributed by atoms with Gasteiger partial charge in [-0.05, 0) is 6.42 Å². The van der Waals surface area contributed by atoms with E-state index in [0.717, 1.165) is 13.0 Å². The quantitative estimate of drug-likeness (QED) is 0.420. The van der Waals surface area contributed by atoms with Crippen molar-refractivity contribution < 1.29 is 4.74 Å². The molecule has 0 rings (SSSR count). The van der Waals surface area contributed by atoms with E-state index in [1.54, 1.807) is 6.08 Å². The van der Waals surface area contributed by atoms with Crippen molar-refractivity contribution in [2.45, 2.75) is 13.3 Å². The average molecular weight is 152 g/mol. The second kappa shape index (κ2) is 9.18. The van der Waals surface area contributed by atoms with Crippen LogP contribution in [0.2, 0.25) is 0 Å². The first-order valence-corrected chi connectivity index (χ1v) is 3.93. The van der Waals surface area contributed by atoms with E-state index in [9.17, 15) is 0 Å². The van der Waals surface area contributed by atoms with Crippen molar-refractivity contribution in [3.05, 3.63) is 37.0 Å². The zero-order valence-corrected chi connectivity index (χ0v) is 7.12. The molecule has 0 bridgehead atoms. The molecule has 0 aromatic heterocycles. The summed E-state index contributed by atoms with van der Waals surface area (Å²) < 4.78 is 5.22. The molecule has 0 radical (unpaired) electrons. The van der Waals surface area contributed by atoms with Gasteiger partial charge in [-0.25, -0.2) is 0 Å². The molecule has 1 heteroatoms. The fraction of sp³-hybridized carbons (Fsp3) is 0.400. The van der Waals surface area contributed by atoms with Gasteiger partial charge in [-0.15, -0.1) is 0 Å². The Bertz CT molecular complexity index is 134. The van der Waals surface area contributed by atoms with Crippen LogP contribution >= 0.6 is 0 Å². The molecule has 1 nitrogen and oxygen atoms in total. The van der Waals surface area contributed by atoms with Crippen molar-refractivity contribution in [1.29, 1.82) is 0 Å². The monoisotopic (exact) mass is 152 g/mol. The van der Waals surface area contributed by atoms with Gasteiger partial charge in [0, 0.05) is 6.61 Å². The lowest BCUT2D eigenvalue weighted by Crippen LogP contribution is -1.90. The topological polar surface area (TPSA) is 9.23 Å². The summed E-state index contributed by atoms with van der Waals surface area (Å²) >= 11 is 0. The van der Waals surface area contributed by atoms with E-state index in [4.69, 9.17) is 4.74 Å². The van der Waals surface area contributed by atoms with Crippen molar-refractivity contribution in [3.8, 4) is 0 Å². The average Bonchev–Trinajstić information content (AvgIpc) is 2.03. The summed E-state index contributed by atoms with van der Waals surface area (Å²) in [6, 6.07) is 0. The third-order valence-electron chi connectivity index (χ3n) is 1.06. The first-order valence-electron chi connectivity index (χ1n) is 3.93. The van der Waals surface area contributed by atoms with Gasteiger partial charge >= 0.3 is 0 Å². The largest absolute Gasteiger partial charge is 0.377 e. The highest BCUT2D eigenvalue weighted by Crippen LogP contribution is 1.82.